The van der Waals surface area contributed by atoms with Crippen molar-refractivity contribution in [3.63, 3.8) is 0 Å². The predicted molar refractivity (Wildman–Crippen MR) is 131 cm³/mol. The van der Waals surface area contributed by atoms with E-state index in [2.05, 4.69) is 25.9 Å². The summed E-state index contributed by atoms with van der Waals surface area (Å²) in [5, 5.41) is 10.4. The minimum Gasteiger partial charge on any atom is -0.361 e. The van der Waals surface area contributed by atoms with Gasteiger partial charge in [0.1, 0.15) is 5.82 Å². The lowest BCUT2D eigenvalue weighted by atomic mass is 10.0. The summed E-state index contributed by atoms with van der Waals surface area (Å²) in [7, 11) is 0. The molecule has 3 rings (SSSR count). The normalized spacial score (nSPS) is 14.5. The number of carbonyl (C=O) groups excluding carboxylic acids is 1. The van der Waals surface area contributed by atoms with Gasteiger partial charge in [-0.15, -0.1) is 24.0 Å². The van der Waals surface area contributed by atoms with Gasteiger partial charge in [0.05, 0.1) is 0 Å². The predicted octanol–water partition coefficient (Wildman–Crippen LogP) is 3.72. The van der Waals surface area contributed by atoms with Crippen molar-refractivity contribution in [2.45, 2.75) is 45.4 Å². The van der Waals surface area contributed by atoms with Crippen LogP contribution in [0.15, 0.2) is 29.4 Å². The number of hydrogen-bond acceptors (Lipinski definition) is 2. The van der Waals surface area contributed by atoms with E-state index in [1.54, 1.807) is 12.1 Å². The van der Waals surface area contributed by atoms with E-state index >= 15 is 0 Å². The first kappa shape index (κ1) is 24.4. The summed E-state index contributed by atoms with van der Waals surface area (Å²) in [6.07, 6.45) is 8.18. The lowest BCUT2D eigenvalue weighted by Crippen LogP contribution is -2.41. The average Bonchev–Trinajstić information content (AvgIpc) is 3.35. The number of guanidine groups is 1. The molecule has 0 bridgehead atoms. The quantitative estimate of drug-likeness (QED) is 0.173. The van der Waals surface area contributed by atoms with Gasteiger partial charge < -0.3 is 20.9 Å². The molecule has 1 saturated carbocycles. The number of rotatable bonds is 9. The highest BCUT2D eigenvalue weighted by atomic mass is 127. The Hall–Kier alpha value is -1.84. The number of aliphatic imine (C=N–C) groups is 1. The molecule has 0 saturated heterocycles. The number of aromatic amines is 1. The molecule has 1 aliphatic rings. The number of carbonyl (C=O) groups is 1. The molecule has 0 aliphatic heterocycles. The number of halogens is 2. The molecule has 30 heavy (non-hydrogen) atoms. The monoisotopic (exact) mass is 529 g/mol. The molecule has 0 atom stereocenters. The van der Waals surface area contributed by atoms with Gasteiger partial charge in [-0.25, -0.2) is 4.39 Å². The van der Waals surface area contributed by atoms with Crippen LogP contribution in [0.5, 0.6) is 0 Å². The minimum absolute atomic E-state index is 0. The van der Waals surface area contributed by atoms with Crippen LogP contribution in [0, 0.1) is 11.7 Å². The van der Waals surface area contributed by atoms with Gasteiger partial charge in [-0.05, 0) is 55.9 Å². The van der Waals surface area contributed by atoms with Crippen molar-refractivity contribution in [3.05, 3.63) is 35.8 Å². The van der Waals surface area contributed by atoms with Crippen molar-refractivity contribution in [3.8, 4) is 0 Å². The average molecular weight is 529 g/mol. The van der Waals surface area contributed by atoms with Crippen LogP contribution in [0.2, 0.25) is 0 Å². The lowest BCUT2D eigenvalue weighted by molar-refractivity contribution is -0.121. The maximum atomic E-state index is 13.5. The Balaban J connectivity index is 0.00000320. The molecule has 2 aromatic rings. The summed E-state index contributed by atoms with van der Waals surface area (Å²) in [5.41, 5.74) is 1.99. The standard InChI is InChI=1S/C22H32FN5O.HI/c1-2-24-22(27-12-11-25-21(29)13-16-5-3-4-6-16)26-10-9-17-15-28-20-8-7-18(23)14-19(17)20;/h7-8,14-16,28H,2-6,9-13H2,1H3,(H,25,29)(H2,24,26,27);1H. The van der Waals surface area contributed by atoms with E-state index in [-0.39, 0.29) is 35.7 Å². The zero-order valence-corrected chi connectivity index (χ0v) is 19.9. The van der Waals surface area contributed by atoms with Gasteiger partial charge in [-0.1, -0.05) is 12.8 Å². The molecular formula is C22H33FIN5O. The molecular weight excluding hydrogens is 496 g/mol. The molecule has 166 valence electrons. The zero-order valence-electron chi connectivity index (χ0n) is 17.6. The summed E-state index contributed by atoms with van der Waals surface area (Å²) in [5.74, 6) is 1.21. The SMILES string of the molecule is CCNC(=NCCc1c[nH]c2ccc(F)cc12)NCCNC(=O)CC1CCCC1.I. The second kappa shape index (κ2) is 12.8. The van der Waals surface area contributed by atoms with Crippen LogP contribution < -0.4 is 16.0 Å². The second-order valence-corrected chi connectivity index (χ2v) is 7.65. The molecule has 6 nitrogen and oxygen atoms in total. The first-order chi connectivity index (χ1) is 14.2. The molecule has 8 heteroatoms. The van der Waals surface area contributed by atoms with Gasteiger partial charge in [-0.2, -0.15) is 0 Å². The number of aromatic nitrogens is 1. The van der Waals surface area contributed by atoms with Crippen LogP contribution >= 0.6 is 24.0 Å². The van der Waals surface area contributed by atoms with Crippen molar-refractivity contribution in [1.82, 2.24) is 20.9 Å². The van der Waals surface area contributed by atoms with E-state index < -0.39 is 0 Å². The van der Waals surface area contributed by atoms with Crippen LogP contribution in [0.25, 0.3) is 10.9 Å². The Morgan fingerprint density at radius 1 is 1.20 bits per heavy atom. The first-order valence-electron chi connectivity index (χ1n) is 10.7. The lowest BCUT2D eigenvalue weighted by Gasteiger charge is -2.13. The third-order valence-corrected chi connectivity index (χ3v) is 5.41. The van der Waals surface area contributed by atoms with Crippen molar-refractivity contribution >= 4 is 46.7 Å². The summed E-state index contributed by atoms with van der Waals surface area (Å²) in [6.45, 7) is 4.58. The Morgan fingerprint density at radius 2 is 1.97 bits per heavy atom. The van der Waals surface area contributed by atoms with E-state index in [1.807, 2.05) is 13.1 Å². The minimum atomic E-state index is -0.230. The summed E-state index contributed by atoms with van der Waals surface area (Å²) in [4.78, 5) is 19.8. The smallest absolute Gasteiger partial charge is 0.220 e. The van der Waals surface area contributed by atoms with Gasteiger partial charge in [0, 0.05) is 49.7 Å². The summed E-state index contributed by atoms with van der Waals surface area (Å²) < 4.78 is 13.5. The van der Waals surface area contributed by atoms with Crippen LogP contribution in [0.1, 0.15) is 44.6 Å². The van der Waals surface area contributed by atoms with Crippen LogP contribution in [-0.2, 0) is 11.2 Å². The maximum absolute atomic E-state index is 13.5. The Morgan fingerprint density at radius 3 is 2.73 bits per heavy atom. The van der Waals surface area contributed by atoms with Gasteiger partial charge in [0.2, 0.25) is 5.91 Å². The van der Waals surface area contributed by atoms with Crippen LogP contribution in [0.4, 0.5) is 4.39 Å². The van der Waals surface area contributed by atoms with E-state index in [0.29, 0.717) is 32.0 Å². The molecule has 1 aromatic carbocycles. The number of nitrogens with one attached hydrogen (secondary N) is 4. The third kappa shape index (κ3) is 7.45. The van der Waals surface area contributed by atoms with Crippen molar-refractivity contribution < 1.29 is 9.18 Å². The molecule has 0 radical (unpaired) electrons. The zero-order chi connectivity index (χ0) is 20.5. The maximum Gasteiger partial charge on any atom is 0.220 e. The summed E-state index contributed by atoms with van der Waals surface area (Å²) >= 11 is 0. The number of H-pyrrole nitrogens is 1. The van der Waals surface area contributed by atoms with E-state index in [9.17, 15) is 9.18 Å². The number of nitrogens with zero attached hydrogens (tertiary/aromatic N) is 1. The Kier molecular flexibility index (Phi) is 10.4. The molecule has 1 aliphatic carbocycles. The Labute approximate surface area is 194 Å². The number of benzene rings is 1. The molecule has 0 unspecified atom stereocenters. The summed E-state index contributed by atoms with van der Waals surface area (Å²) in [6, 6.07) is 4.77. The number of fused-ring (bicyclic) bond motifs is 1. The number of hydrogen-bond donors (Lipinski definition) is 4. The van der Waals surface area contributed by atoms with E-state index in [4.69, 9.17) is 0 Å². The highest BCUT2D eigenvalue weighted by molar-refractivity contribution is 14.0. The van der Waals surface area contributed by atoms with Gasteiger partial charge in [-0.3, -0.25) is 9.79 Å². The largest absolute Gasteiger partial charge is 0.361 e. The van der Waals surface area contributed by atoms with E-state index in [1.165, 1.54) is 31.7 Å². The Bertz CT molecular complexity index is 832. The van der Waals surface area contributed by atoms with Crippen molar-refractivity contribution in [2.24, 2.45) is 10.9 Å². The first-order valence-corrected chi connectivity index (χ1v) is 10.7. The fourth-order valence-electron chi connectivity index (χ4n) is 3.92. The molecule has 0 spiro atoms. The number of amides is 1. The highest BCUT2D eigenvalue weighted by Gasteiger charge is 2.17. The molecule has 1 aromatic heterocycles. The fourth-order valence-corrected chi connectivity index (χ4v) is 3.92. The molecule has 1 fully saturated rings. The molecule has 1 heterocycles. The third-order valence-electron chi connectivity index (χ3n) is 5.41. The second-order valence-electron chi connectivity index (χ2n) is 7.65. The molecule has 1 amide bonds. The van der Waals surface area contributed by atoms with Crippen LogP contribution in [-0.4, -0.2) is 43.0 Å². The van der Waals surface area contributed by atoms with E-state index in [0.717, 1.165) is 35.4 Å². The van der Waals surface area contributed by atoms with Gasteiger partial charge in [0.15, 0.2) is 5.96 Å². The van der Waals surface area contributed by atoms with Crippen molar-refractivity contribution in [2.75, 3.05) is 26.2 Å². The van der Waals surface area contributed by atoms with Gasteiger partial charge >= 0.3 is 0 Å². The van der Waals surface area contributed by atoms with Crippen molar-refractivity contribution in [1.29, 1.82) is 0 Å². The van der Waals surface area contributed by atoms with Gasteiger partial charge in [0.25, 0.3) is 0 Å². The van der Waals surface area contributed by atoms with Crippen LogP contribution in [0.3, 0.4) is 0 Å². The fraction of sp³-hybridized carbons (Fsp3) is 0.545. The highest BCUT2D eigenvalue weighted by Crippen LogP contribution is 2.27. The molecule has 4 N–H and O–H groups in total. The topological polar surface area (TPSA) is 81.3 Å².